The molecule has 0 radical (unpaired) electrons. The number of hydrogen-bond donors (Lipinski definition) is 0. The van der Waals surface area contributed by atoms with Crippen LogP contribution in [0.3, 0.4) is 0 Å². The molecule has 0 fully saturated rings. The van der Waals surface area contributed by atoms with Crippen molar-refractivity contribution >= 4 is 90.9 Å². The molecule has 0 spiro atoms. The molecular formula is C46H29NS2. The van der Waals surface area contributed by atoms with Gasteiger partial charge in [-0.3, -0.25) is 0 Å². The highest BCUT2D eigenvalue weighted by Crippen LogP contribution is 2.50. The van der Waals surface area contributed by atoms with E-state index >= 15 is 0 Å². The van der Waals surface area contributed by atoms with Gasteiger partial charge in [-0.05, 0) is 76.0 Å². The summed E-state index contributed by atoms with van der Waals surface area (Å²) in [6.45, 7) is 0. The van der Waals surface area contributed by atoms with Gasteiger partial charge in [0.1, 0.15) is 0 Å². The van der Waals surface area contributed by atoms with Crippen molar-refractivity contribution in [3.63, 3.8) is 0 Å². The second-order valence-electron chi connectivity index (χ2n) is 12.5. The molecule has 0 saturated heterocycles. The molecule has 0 N–H and O–H groups in total. The lowest BCUT2D eigenvalue weighted by Crippen LogP contribution is -2.11. The second-order valence-corrected chi connectivity index (χ2v) is 14.7. The molecule has 0 bridgehead atoms. The maximum atomic E-state index is 2.51. The number of rotatable bonds is 5. The minimum atomic E-state index is 1.14. The van der Waals surface area contributed by atoms with Gasteiger partial charge >= 0.3 is 0 Å². The van der Waals surface area contributed by atoms with E-state index in [-0.39, 0.29) is 0 Å². The summed E-state index contributed by atoms with van der Waals surface area (Å²) in [7, 11) is 0. The highest BCUT2D eigenvalue weighted by molar-refractivity contribution is 7.26. The first-order chi connectivity index (χ1) is 24.3. The molecule has 49 heavy (non-hydrogen) atoms. The Balaban J connectivity index is 1.27. The summed E-state index contributed by atoms with van der Waals surface area (Å²) in [6, 6.07) is 64.5. The number of thiophene rings is 2. The van der Waals surface area contributed by atoms with E-state index in [9.17, 15) is 0 Å². The summed E-state index contributed by atoms with van der Waals surface area (Å²) in [4.78, 5) is 2.51. The van der Waals surface area contributed by atoms with Gasteiger partial charge in [0.25, 0.3) is 0 Å². The zero-order valence-corrected chi connectivity index (χ0v) is 28.1. The Kier molecular flexibility index (Phi) is 6.61. The van der Waals surface area contributed by atoms with Gasteiger partial charge in [0.15, 0.2) is 0 Å². The highest BCUT2D eigenvalue weighted by atomic mass is 32.1. The van der Waals surface area contributed by atoms with Crippen LogP contribution in [0.1, 0.15) is 0 Å². The summed E-state index contributed by atoms with van der Waals surface area (Å²) in [5.41, 5.74) is 8.39. The summed E-state index contributed by atoms with van der Waals surface area (Å²) in [6.07, 6.45) is 0. The van der Waals surface area contributed by atoms with Crippen LogP contribution in [0.25, 0.3) is 73.4 Å². The molecule has 0 saturated carbocycles. The zero-order chi connectivity index (χ0) is 32.3. The lowest BCUT2D eigenvalue weighted by molar-refractivity contribution is 1.31. The number of fused-ring (bicyclic) bond motifs is 7. The Morgan fingerprint density at radius 1 is 0.347 bits per heavy atom. The topological polar surface area (TPSA) is 3.24 Å². The van der Waals surface area contributed by atoms with Crippen LogP contribution in [0.4, 0.5) is 17.1 Å². The highest BCUT2D eigenvalue weighted by Gasteiger charge is 2.23. The predicted octanol–water partition coefficient (Wildman–Crippen LogP) is 14.4. The van der Waals surface area contributed by atoms with Crippen LogP contribution in [-0.2, 0) is 0 Å². The van der Waals surface area contributed by atoms with Crippen molar-refractivity contribution in [2.75, 3.05) is 4.90 Å². The average Bonchev–Trinajstić information content (AvgIpc) is 3.74. The molecule has 0 unspecified atom stereocenters. The molecule has 2 aromatic heterocycles. The van der Waals surface area contributed by atoms with Gasteiger partial charge in [-0.25, -0.2) is 0 Å². The zero-order valence-electron chi connectivity index (χ0n) is 26.5. The predicted molar refractivity (Wildman–Crippen MR) is 215 cm³/mol. The Morgan fingerprint density at radius 3 is 1.73 bits per heavy atom. The van der Waals surface area contributed by atoms with Gasteiger partial charge < -0.3 is 4.90 Å². The molecule has 1 nitrogen and oxygen atoms in total. The SMILES string of the molecule is c1ccc(-c2ccc3cc(N(c4ccc5sc6ccccc6c5c4)c4c(-c5ccccc5)ccc5c4sc4ccccc45)ccc3c2)cc1. The molecule has 3 heteroatoms. The van der Waals surface area contributed by atoms with E-state index in [1.165, 1.54) is 79.1 Å². The molecular weight excluding hydrogens is 631 g/mol. The minimum Gasteiger partial charge on any atom is -0.308 e. The first kappa shape index (κ1) is 28.3. The van der Waals surface area contributed by atoms with Gasteiger partial charge in [-0.1, -0.05) is 127 Å². The van der Waals surface area contributed by atoms with Gasteiger partial charge in [0.05, 0.1) is 10.4 Å². The molecule has 0 aliphatic rings. The Labute approximate surface area is 292 Å². The molecule has 2 heterocycles. The fraction of sp³-hybridized carbons (Fsp3) is 0. The van der Waals surface area contributed by atoms with Crippen molar-refractivity contribution in [1.29, 1.82) is 0 Å². The summed E-state index contributed by atoms with van der Waals surface area (Å²) >= 11 is 3.75. The van der Waals surface area contributed by atoms with Crippen LogP contribution >= 0.6 is 22.7 Å². The molecule has 0 amide bonds. The van der Waals surface area contributed by atoms with Crippen LogP contribution < -0.4 is 4.90 Å². The van der Waals surface area contributed by atoms with E-state index in [1.54, 1.807) is 0 Å². The maximum Gasteiger partial charge on any atom is 0.0718 e. The Bertz CT molecular complexity index is 2830. The van der Waals surface area contributed by atoms with E-state index in [0.717, 1.165) is 11.4 Å². The third kappa shape index (κ3) is 4.74. The largest absolute Gasteiger partial charge is 0.308 e. The van der Waals surface area contributed by atoms with E-state index in [4.69, 9.17) is 0 Å². The molecule has 0 atom stereocenters. The van der Waals surface area contributed by atoms with Crippen molar-refractivity contribution < 1.29 is 0 Å². The lowest BCUT2D eigenvalue weighted by Gasteiger charge is -2.29. The van der Waals surface area contributed by atoms with Crippen molar-refractivity contribution in [2.24, 2.45) is 0 Å². The van der Waals surface area contributed by atoms with Gasteiger partial charge in [0, 0.05) is 52.6 Å². The molecule has 0 aliphatic carbocycles. The van der Waals surface area contributed by atoms with Crippen molar-refractivity contribution in [1.82, 2.24) is 0 Å². The maximum absolute atomic E-state index is 2.51. The van der Waals surface area contributed by atoms with Crippen molar-refractivity contribution in [3.8, 4) is 22.3 Å². The molecule has 8 aromatic carbocycles. The average molecular weight is 660 g/mol. The Morgan fingerprint density at radius 2 is 0.939 bits per heavy atom. The van der Waals surface area contributed by atoms with Gasteiger partial charge in [-0.2, -0.15) is 0 Å². The quantitative estimate of drug-likeness (QED) is 0.178. The van der Waals surface area contributed by atoms with Crippen LogP contribution in [0.5, 0.6) is 0 Å². The second kappa shape index (κ2) is 11.5. The van der Waals surface area contributed by atoms with Crippen LogP contribution in [0, 0.1) is 0 Å². The first-order valence-corrected chi connectivity index (χ1v) is 18.2. The smallest absolute Gasteiger partial charge is 0.0718 e. The lowest BCUT2D eigenvalue weighted by atomic mass is 9.98. The summed E-state index contributed by atoms with van der Waals surface area (Å²) < 4.78 is 5.21. The third-order valence-electron chi connectivity index (χ3n) is 9.64. The number of hydrogen-bond acceptors (Lipinski definition) is 3. The monoisotopic (exact) mass is 659 g/mol. The van der Waals surface area contributed by atoms with E-state index in [2.05, 4.69) is 181 Å². The van der Waals surface area contributed by atoms with E-state index in [1.807, 2.05) is 22.7 Å². The van der Waals surface area contributed by atoms with Crippen molar-refractivity contribution in [3.05, 3.63) is 176 Å². The minimum absolute atomic E-state index is 1.14. The standard InChI is InChI=1S/C46H29NS2/c1-3-11-30(12-4-1)32-19-20-34-28-35(22-21-33(34)27-32)47(36-23-26-44-41(29-36)39-16-8-9-17-42(39)48-44)45-37(31-13-5-2-6-14-31)24-25-40-38-15-7-10-18-43(38)49-46(40)45/h1-29H. The van der Waals surface area contributed by atoms with Gasteiger partial charge in [-0.15, -0.1) is 22.7 Å². The molecule has 0 aliphatic heterocycles. The fourth-order valence-corrected chi connectivity index (χ4v) is 9.62. The van der Waals surface area contributed by atoms with E-state index in [0.29, 0.717) is 0 Å². The summed E-state index contributed by atoms with van der Waals surface area (Å²) in [5, 5.41) is 7.63. The molecule has 230 valence electrons. The van der Waals surface area contributed by atoms with E-state index < -0.39 is 0 Å². The van der Waals surface area contributed by atoms with Gasteiger partial charge in [0.2, 0.25) is 0 Å². The van der Waals surface area contributed by atoms with Crippen LogP contribution in [0.2, 0.25) is 0 Å². The van der Waals surface area contributed by atoms with Crippen molar-refractivity contribution in [2.45, 2.75) is 0 Å². The Hall–Kier alpha value is -5.74. The van der Waals surface area contributed by atoms with Crippen LogP contribution in [-0.4, -0.2) is 0 Å². The summed E-state index contributed by atoms with van der Waals surface area (Å²) in [5.74, 6) is 0. The molecule has 10 aromatic rings. The first-order valence-electron chi connectivity index (χ1n) is 16.6. The number of nitrogens with zero attached hydrogens (tertiary/aromatic N) is 1. The number of anilines is 3. The third-order valence-corrected chi connectivity index (χ3v) is 12.0. The number of benzene rings is 8. The fourth-order valence-electron chi connectivity index (χ4n) is 7.29. The normalized spacial score (nSPS) is 11.7. The van der Waals surface area contributed by atoms with Crippen LogP contribution in [0.15, 0.2) is 176 Å². The molecule has 10 rings (SSSR count).